The molecule has 102 valence electrons. The standard InChI is InChI=1S/C15H19NO3/c1-9-3-4-11(19-2)14-13(9)10(7-12(17)18)15(5-6-15)8-16-14/h3-4,10,16H,5-8H2,1-2H3,(H,17,18). The maximum Gasteiger partial charge on any atom is 0.303 e. The average molecular weight is 261 g/mol. The fraction of sp³-hybridized carbons (Fsp3) is 0.533. The number of aryl methyl sites for hydroxylation is 1. The van der Waals surface area contributed by atoms with Crippen molar-refractivity contribution in [1.29, 1.82) is 0 Å². The molecule has 1 unspecified atom stereocenters. The summed E-state index contributed by atoms with van der Waals surface area (Å²) in [4.78, 5) is 11.2. The monoisotopic (exact) mass is 261 g/mol. The summed E-state index contributed by atoms with van der Waals surface area (Å²) in [7, 11) is 1.65. The minimum Gasteiger partial charge on any atom is -0.495 e. The molecule has 4 heteroatoms. The molecule has 0 aromatic heterocycles. The minimum atomic E-state index is -0.716. The molecule has 1 saturated carbocycles. The quantitative estimate of drug-likeness (QED) is 0.878. The van der Waals surface area contributed by atoms with Gasteiger partial charge in [0.1, 0.15) is 5.75 Å². The van der Waals surface area contributed by atoms with Crippen LogP contribution in [0.3, 0.4) is 0 Å². The Morgan fingerprint density at radius 2 is 2.26 bits per heavy atom. The van der Waals surface area contributed by atoms with Crippen molar-refractivity contribution in [3.05, 3.63) is 23.3 Å². The fourth-order valence-electron chi connectivity index (χ4n) is 3.38. The number of aliphatic carboxylic acids is 1. The number of methoxy groups -OCH3 is 1. The van der Waals surface area contributed by atoms with Crippen LogP contribution in [0.5, 0.6) is 5.75 Å². The lowest BCUT2D eigenvalue weighted by Gasteiger charge is -2.36. The number of benzene rings is 1. The molecule has 0 amide bonds. The lowest BCUT2D eigenvalue weighted by molar-refractivity contribution is -0.137. The molecule has 4 nitrogen and oxygen atoms in total. The topological polar surface area (TPSA) is 58.6 Å². The second kappa shape index (κ2) is 4.15. The van der Waals surface area contributed by atoms with E-state index < -0.39 is 5.97 Å². The summed E-state index contributed by atoms with van der Waals surface area (Å²) in [6, 6.07) is 3.97. The van der Waals surface area contributed by atoms with Gasteiger partial charge in [0.15, 0.2) is 0 Å². The Morgan fingerprint density at radius 3 is 2.84 bits per heavy atom. The molecule has 1 aromatic rings. The van der Waals surface area contributed by atoms with Crippen LogP contribution >= 0.6 is 0 Å². The largest absolute Gasteiger partial charge is 0.495 e. The number of hydrogen-bond acceptors (Lipinski definition) is 3. The van der Waals surface area contributed by atoms with E-state index in [-0.39, 0.29) is 17.8 Å². The average Bonchev–Trinajstić information content (AvgIpc) is 3.14. The van der Waals surface area contributed by atoms with Gasteiger partial charge in [-0.3, -0.25) is 4.79 Å². The van der Waals surface area contributed by atoms with Gasteiger partial charge in [0.2, 0.25) is 0 Å². The van der Waals surface area contributed by atoms with Crippen molar-refractivity contribution >= 4 is 11.7 Å². The predicted molar refractivity (Wildman–Crippen MR) is 72.9 cm³/mol. The first-order valence-electron chi connectivity index (χ1n) is 6.70. The predicted octanol–water partition coefficient (Wildman–Crippen LogP) is 2.77. The maximum absolute atomic E-state index is 11.2. The molecule has 1 heterocycles. The molecule has 1 aliphatic heterocycles. The maximum atomic E-state index is 11.2. The van der Waals surface area contributed by atoms with Crippen molar-refractivity contribution < 1.29 is 14.6 Å². The lowest BCUT2D eigenvalue weighted by Crippen LogP contribution is -2.31. The second-order valence-electron chi connectivity index (χ2n) is 5.74. The zero-order valence-electron chi connectivity index (χ0n) is 11.3. The van der Waals surface area contributed by atoms with Crippen LogP contribution in [-0.4, -0.2) is 24.7 Å². The molecule has 1 spiro atoms. The van der Waals surface area contributed by atoms with E-state index in [1.54, 1.807) is 7.11 Å². The lowest BCUT2D eigenvalue weighted by atomic mass is 9.75. The summed E-state index contributed by atoms with van der Waals surface area (Å²) in [5.41, 5.74) is 3.44. The number of rotatable bonds is 3. The molecule has 1 atom stereocenters. The molecular weight excluding hydrogens is 242 g/mol. The van der Waals surface area contributed by atoms with Gasteiger partial charge in [-0.2, -0.15) is 0 Å². The number of fused-ring (bicyclic) bond motifs is 1. The Balaban J connectivity index is 2.11. The van der Waals surface area contributed by atoms with Crippen molar-refractivity contribution in [2.45, 2.75) is 32.1 Å². The summed E-state index contributed by atoms with van der Waals surface area (Å²) < 4.78 is 5.40. The van der Waals surface area contributed by atoms with Gasteiger partial charge in [-0.25, -0.2) is 0 Å². The molecular formula is C15H19NO3. The molecule has 2 N–H and O–H groups in total. The number of carboxylic acids is 1. The third kappa shape index (κ3) is 1.86. The van der Waals surface area contributed by atoms with E-state index in [1.165, 1.54) is 0 Å². The highest BCUT2D eigenvalue weighted by Gasteiger charge is 2.53. The van der Waals surface area contributed by atoms with Gasteiger partial charge < -0.3 is 15.2 Å². The van der Waals surface area contributed by atoms with Crippen molar-refractivity contribution in [2.24, 2.45) is 5.41 Å². The molecule has 0 saturated heterocycles. The van der Waals surface area contributed by atoms with Gasteiger partial charge in [-0.05, 0) is 42.4 Å². The molecule has 1 aliphatic carbocycles. The molecule has 0 radical (unpaired) electrons. The van der Waals surface area contributed by atoms with E-state index in [9.17, 15) is 9.90 Å². The first kappa shape index (κ1) is 12.3. The van der Waals surface area contributed by atoms with E-state index in [0.29, 0.717) is 0 Å². The second-order valence-corrected chi connectivity index (χ2v) is 5.74. The minimum absolute atomic E-state index is 0.108. The van der Waals surface area contributed by atoms with Gasteiger partial charge >= 0.3 is 5.97 Å². The Morgan fingerprint density at radius 1 is 1.53 bits per heavy atom. The number of carboxylic acid groups (broad SMARTS) is 1. The van der Waals surface area contributed by atoms with Gasteiger partial charge in [0.05, 0.1) is 19.2 Å². The van der Waals surface area contributed by atoms with Crippen LogP contribution in [-0.2, 0) is 4.79 Å². The van der Waals surface area contributed by atoms with Crippen molar-refractivity contribution in [3.63, 3.8) is 0 Å². The van der Waals surface area contributed by atoms with Crippen LogP contribution in [0.1, 0.15) is 36.3 Å². The highest BCUT2D eigenvalue weighted by molar-refractivity contribution is 5.73. The summed E-state index contributed by atoms with van der Waals surface area (Å²) in [5, 5.41) is 12.7. The number of nitrogens with one attached hydrogen (secondary N) is 1. The normalized spacial score (nSPS) is 22.5. The molecule has 0 bridgehead atoms. The Hall–Kier alpha value is -1.71. The zero-order valence-corrected chi connectivity index (χ0v) is 11.3. The number of ether oxygens (including phenoxy) is 1. The number of anilines is 1. The van der Waals surface area contributed by atoms with E-state index in [4.69, 9.17) is 4.74 Å². The zero-order chi connectivity index (χ0) is 13.6. The smallest absolute Gasteiger partial charge is 0.303 e. The SMILES string of the molecule is COc1ccc(C)c2c1NCC1(CC1)C2CC(=O)O. The summed E-state index contributed by atoms with van der Waals surface area (Å²) >= 11 is 0. The summed E-state index contributed by atoms with van der Waals surface area (Å²) in [6.45, 7) is 2.91. The van der Waals surface area contributed by atoms with E-state index in [2.05, 4.69) is 12.2 Å². The van der Waals surface area contributed by atoms with Crippen LogP contribution in [0.4, 0.5) is 5.69 Å². The Labute approximate surface area is 112 Å². The third-order valence-corrected chi connectivity index (χ3v) is 4.62. The highest BCUT2D eigenvalue weighted by Crippen LogP contribution is 2.62. The molecule has 19 heavy (non-hydrogen) atoms. The van der Waals surface area contributed by atoms with Crippen molar-refractivity contribution in [1.82, 2.24) is 0 Å². The first-order valence-corrected chi connectivity index (χ1v) is 6.70. The van der Waals surface area contributed by atoms with Crippen LogP contribution in [0.2, 0.25) is 0 Å². The van der Waals surface area contributed by atoms with Gasteiger partial charge in [-0.15, -0.1) is 0 Å². The van der Waals surface area contributed by atoms with Crippen LogP contribution < -0.4 is 10.1 Å². The molecule has 1 fully saturated rings. The molecule has 2 aliphatic rings. The number of hydrogen-bond donors (Lipinski definition) is 2. The summed E-state index contributed by atoms with van der Waals surface area (Å²) in [5.74, 6) is 0.203. The Kier molecular flexibility index (Phi) is 2.69. The summed E-state index contributed by atoms with van der Waals surface area (Å²) in [6.07, 6.45) is 2.45. The van der Waals surface area contributed by atoms with Crippen molar-refractivity contribution in [3.8, 4) is 5.75 Å². The fourth-order valence-corrected chi connectivity index (χ4v) is 3.38. The van der Waals surface area contributed by atoms with Crippen molar-refractivity contribution in [2.75, 3.05) is 19.0 Å². The highest BCUT2D eigenvalue weighted by atomic mass is 16.5. The third-order valence-electron chi connectivity index (χ3n) is 4.62. The van der Waals surface area contributed by atoms with Gasteiger partial charge in [-0.1, -0.05) is 6.07 Å². The van der Waals surface area contributed by atoms with E-state index in [0.717, 1.165) is 42.0 Å². The van der Waals surface area contributed by atoms with E-state index in [1.807, 2.05) is 12.1 Å². The molecule has 3 rings (SSSR count). The Bertz CT molecular complexity index is 534. The van der Waals surface area contributed by atoms with Crippen LogP contribution in [0, 0.1) is 12.3 Å². The molecule has 1 aromatic carbocycles. The van der Waals surface area contributed by atoms with Gasteiger partial charge in [0, 0.05) is 12.5 Å². The first-order chi connectivity index (χ1) is 9.07. The van der Waals surface area contributed by atoms with Gasteiger partial charge in [0.25, 0.3) is 0 Å². The van der Waals surface area contributed by atoms with E-state index >= 15 is 0 Å². The number of carbonyl (C=O) groups is 1. The van der Waals surface area contributed by atoms with Crippen LogP contribution in [0.25, 0.3) is 0 Å². The van der Waals surface area contributed by atoms with Crippen LogP contribution in [0.15, 0.2) is 12.1 Å².